The smallest absolute Gasteiger partial charge is 0.226 e. The van der Waals surface area contributed by atoms with Crippen molar-refractivity contribution in [3.63, 3.8) is 0 Å². The van der Waals surface area contributed by atoms with Crippen molar-refractivity contribution in [1.82, 2.24) is 10.6 Å². The van der Waals surface area contributed by atoms with Gasteiger partial charge in [-0.15, -0.1) is 0 Å². The third kappa shape index (κ3) is 7.37. The van der Waals surface area contributed by atoms with E-state index >= 15 is 0 Å². The average Bonchev–Trinajstić information content (AvgIpc) is 2.54. The van der Waals surface area contributed by atoms with Gasteiger partial charge in [0, 0.05) is 37.3 Å². The van der Waals surface area contributed by atoms with Crippen molar-refractivity contribution in [3.8, 4) is 0 Å². The number of hydrogen-bond donors (Lipinski definition) is 3. The van der Waals surface area contributed by atoms with Crippen molar-refractivity contribution < 1.29 is 4.79 Å². The molecule has 0 aliphatic heterocycles. The molecule has 0 spiro atoms. The Balaban J connectivity index is 2.31. The number of nitrogens with one attached hydrogen (secondary N) is 3. The minimum Gasteiger partial charge on any atom is -0.356 e. The standard InChI is InChI=1S/C17H27ClN4O/c1-4-5-6-11-20-17(19-3)21-12-10-16(23)22-15-9-7-8-14(18)13(15)2/h7-9H,4-6,10-12H2,1-3H3,(H,22,23)(H2,19,20,21). The van der Waals surface area contributed by atoms with Crippen molar-refractivity contribution in [3.05, 3.63) is 28.8 Å². The number of rotatable bonds is 8. The molecule has 1 aromatic rings. The first-order chi connectivity index (χ1) is 11.1. The molecule has 0 unspecified atom stereocenters. The van der Waals surface area contributed by atoms with Crippen LogP contribution in [-0.4, -0.2) is 32.0 Å². The van der Waals surface area contributed by atoms with Crippen LogP contribution in [-0.2, 0) is 4.79 Å². The fourth-order valence-corrected chi connectivity index (χ4v) is 2.23. The summed E-state index contributed by atoms with van der Waals surface area (Å²) in [5, 5.41) is 9.90. The molecule has 0 heterocycles. The van der Waals surface area contributed by atoms with E-state index in [-0.39, 0.29) is 5.91 Å². The molecular weight excluding hydrogens is 312 g/mol. The van der Waals surface area contributed by atoms with Crippen LogP contribution in [0, 0.1) is 6.92 Å². The molecule has 0 aliphatic rings. The molecule has 3 N–H and O–H groups in total. The van der Waals surface area contributed by atoms with Gasteiger partial charge in [-0.2, -0.15) is 0 Å². The Morgan fingerprint density at radius 3 is 2.65 bits per heavy atom. The minimum atomic E-state index is -0.0516. The van der Waals surface area contributed by atoms with E-state index < -0.39 is 0 Å². The Hall–Kier alpha value is -1.75. The Morgan fingerprint density at radius 2 is 1.96 bits per heavy atom. The van der Waals surface area contributed by atoms with Crippen molar-refractivity contribution >= 4 is 29.2 Å². The van der Waals surface area contributed by atoms with Gasteiger partial charge < -0.3 is 16.0 Å². The summed E-state index contributed by atoms with van der Waals surface area (Å²) < 4.78 is 0. The number of aliphatic imine (C=N–C) groups is 1. The molecule has 1 rings (SSSR count). The molecule has 6 heteroatoms. The lowest BCUT2D eigenvalue weighted by atomic mass is 10.2. The van der Waals surface area contributed by atoms with Gasteiger partial charge in [-0.05, 0) is 31.0 Å². The monoisotopic (exact) mass is 338 g/mol. The number of halogens is 1. The van der Waals surface area contributed by atoms with E-state index in [9.17, 15) is 4.79 Å². The van der Waals surface area contributed by atoms with Gasteiger partial charge in [-0.25, -0.2) is 0 Å². The van der Waals surface area contributed by atoms with E-state index in [2.05, 4.69) is 27.9 Å². The second-order valence-electron chi connectivity index (χ2n) is 5.34. The van der Waals surface area contributed by atoms with Crippen LogP contribution in [0.1, 0.15) is 38.2 Å². The summed E-state index contributed by atoms with van der Waals surface area (Å²) in [7, 11) is 1.73. The van der Waals surface area contributed by atoms with Gasteiger partial charge in [-0.1, -0.05) is 37.4 Å². The summed E-state index contributed by atoms with van der Waals surface area (Å²) in [5.41, 5.74) is 1.63. The van der Waals surface area contributed by atoms with Crippen LogP contribution in [0.3, 0.4) is 0 Å². The van der Waals surface area contributed by atoms with Crippen LogP contribution < -0.4 is 16.0 Å². The normalized spacial score (nSPS) is 11.2. The molecule has 1 amide bonds. The number of carbonyl (C=O) groups excluding carboxylic acids is 1. The maximum atomic E-state index is 12.0. The van der Waals surface area contributed by atoms with Gasteiger partial charge in [0.25, 0.3) is 0 Å². The van der Waals surface area contributed by atoms with E-state index in [1.807, 2.05) is 25.1 Å². The third-order valence-electron chi connectivity index (χ3n) is 3.48. The van der Waals surface area contributed by atoms with Gasteiger partial charge in [0.15, 0.2) is 5.96 Å². The third-order valence-corrected chi connectivity index (χ3v) is 3.89. The molecule has 0 saturated carbocycles. The molecule has 0 atom stereocenters. The quantitative estimate of drug-likeness (QED) is 0.387. The van der Waals surface area contributed by atoms with E-state index in [0.29, 0.717) is 18.0 Å². The summed E-state index contributed by atoms with van der Waals surface area (Å²) in [6, 6.07) is 5.48. The summed E-state index contributed by atoms with van der Waals surface area (Å²) in [6.07, 6.45) is 3.87. The molecule has 1 aromatic carbocycles. The number of unbranched alkanes of at least 4 members (excludes halogenated alkanes) is 2. The molecule has 23 heavy (non-hydrogen) atoms. The summed E-state index contributed by atoms with van der Waals surface area (Å²) in [4.78, 5) is 16.1. The van der Waals surface area contributed by atoms with Gasteiger partial charge in [0.1, 0.15) is 0 Å². The molecule has 0 aliphatic carbocycles. The molecule has 128 valence electrons. The van der Waals surface area contributed by atoms with Gasteiger partial charge >= 0.3 is 0 Å². The fraction of sp³-hybridized carbons (Fsp3) is 0.529. The first kappa shape index (κ1) is 19.3. The summed E-state index contributed by atoms with van der Waals surface area (Å²) in [5.74, 6) is 0.678. The van der Waals surface area contributed by atoms with Gasteiger partial charge in [0.05, 0.1) is 0 Å². The highest BCUT2D eigenvalue weighted by molar-refractivity contribution is 6.31. The molecular formula is C17H27ClN4O. The SMILES string of the molecule is CCCCCNC(=NC)NCCC(=O)Nc1cccc(Cl)c1C. The maximum absolute atomic E-state index is 12.0. The van der Waals surface area contributed by atoms with Crippen LogP contribution in [0.15, 0.2) is 23.2 Å². The van der Waals surface area contributed by atoms with Crippen LogP contribution >= 0.6 is 11.6 Å². The first-order valence-corrected chi connectivity index (χ1v) is 8.45. The molecule has 0 radical (unpaired) electrons. The highest BCUT2D eigenvalue weighted by Crippen LogP contribution is 2.22. The average molecular weight is 339 g/mol. The topological polar surface area (TPSA) is 65.5 Å². The zero-order valence-corrected chi connectivity index (χ0v) is 15.0. The predicted octanol–water partition coefficient (Wildman–Crippen LogP) is 3.33. The number of carbonyl (C=O) groups is 1. The largest absolute Gasteiger partial charge is 0.356 e. The lowest BCUT2D eigenvalue weighted by Gasteiger charge is -2.12. The van der Waals surface area contributed by atoms with E-state index in [1.165, 1.54) is 12.8 Å². The zero-order chi connectivity index (χ0) is 17.1. The van der Waals surface area contributed by atoms with Crippen molar-refractivity contribution in [2.24, 2.45) is 4.99 Å². The fourth-order valence-electron chi connectivity index (χ4n) is 2.05. The van der Waals surface area contributed by atoms with Crippen molar-refractivity contribution in [2.45, 2.75) is 39.5 Å². The molecule has 0 fully saturated rings. The molecule has 0 saturated heterocycles. The Bertz CT molecular complexity index is 531. The van der Waals surface area contributed by atoms with Gasteiger partial charge in [0.2, 0.25) is 5.91 Å². The van der Waals surface area contributed by atoms with E-state index in [0.717, 1.165) is 30.2 Å². The number of benzene rings is 1. The van der Waals surface area contributed by atoms with Crippen molar-refractivity contribution in [2.75, 3.05) is 25.5 Å². The lowest BCUT2D eigenvalue weighted by Crippen LogP contribution is -2.39. The van der Waals surface area contributed by atoms with Crippen molar-refractivity contribution in [1.29, 1.82) is 0 Å². The number of anilines is 1. The maximum Gasteiger partial charge on any atom is 0.226 e. The second kappa shape index (κ2) is 10.9. The van der Waals surface area contributed by atoms with Gasteiger partial charge in [-0.3, -0.25) is 9.79 Å². The number of amides is 1. The first-order valence-electron chi connectivity index (χ1n) is 8.08. The molecule has 0 bridgehead atoms. The number of hydrogen-bond acceptors (Lipinski definition) is 2. The Kier molecular flexibility index (Phi) is 9.14. The Labute approximate surface area is 143 Å². The summed E-state index contributed by atoms with van der Waals surface area (Å²) >= 11 is 6.05. The number of nitrogens with zero attached hydrogens (tertiary/aromatic N) is 1. The molecule has 5 nitrogen and oxygen atoms in total. The van der Waals surface area contributed by atoms with Crippen LogP contribution in [0.5, 0.6) is 0 Å². The van der Waals surface area contributed by atoms with Crippen LogP contribution in [0.4, 0.5) is 5.69 Å². The number of guanidine groups is 1. The minimum absolute atomic E-state index is 0.0516. The van der Waals surface area contributed by atoms with Crippen LogP contribution in [0.25, 0.3) is 0 Å². The van der Waals surface area contributed by atoms with E-state index in [4.69, 9.17) is 11.6 Å². The highest BCUT2D eigenvalue weighted by Gasteiger charge is 2.07. The highest BCUT2D eigenvalue weighted by atomic mass is 35.5. The second-order valence-corrected chi connectivity index (χ2v) is 5.75. The van der Waals surface area contributed by atoms with Crippen LogP contribution in [0.2, 0.25) is 5.02 Å². The molecule has 0 aromatic heterocycles. The zero-order valence-electron chi connectivity index (χ0n) is 14.2. The predicted molar refractivity (Wildman–Crippen MR) is 98.3 cm³/mol. The lowest BCUT2D eigenvalue weighted by molar-refractivity contribution is -0.116. The van der Waals surface area contributed by atoms with E-state index in [1.54, 1.807) is 7.05 Å². The Morgan fingerprint density at radius 1 is 1.22 bits per heavy atom. The summed E-state index contributed by atoms with van der Waals surface area (Å²) in [6.45, 7) is 5.48.